The second-order valence-corrected chi connectivity index (χ2v) is 6.14. The summed E-state index contributed by atoms with van der Waals surface area (Å²) < 4.78 is 0. The second kappa shape index (κ2) is 7.39. The van der Waals surface area contributed by atoms with E-state index in [4.69, 9.17) is 0 Å². The van der Waals surface area contributed by atoms with Gasteiger partial charge in [0.2, 0.25) is 17.8 Å². The van der Waals surface area contributed by atoms with E-state index in [0.29, 0.717) is 12.5 Å². The molecule has 7 heteroatoms. The highest BCUT2D eigenvalue weighted by molar-refractivity contribution is 5.86. The fraction of sp³-hybridized carbons (Fsp3) is 0.625. The van der Waals surface area contributed by atoms with Gasteiger partial charge < -0.3 is 15.1 Å². The first kappa shape index (κ1) is 15.7. The van der Waals surface area contributed by atoms with Crippen molar-refractivity contribution in [2.75, 3.05) is 37.6 Å². The number of hydrogen-bond acceptors (Lipinski definition) is 5. The molecule has 2 fully saturated rings. The molecule has 0 aliphatic carbocycles. The number of carbonyl (C=O) groups is 2. The van der Waals surface area contributed by atoms with Crippen LogP contribution >= 0.6 is 0 Å². The van der Waals surface area contributed by atoms with E-state index in [0.717, 1.165) is 45.3 Å². The molecule has 7 nitrogen and oxygen atoms in total. The number of nitrogens with one attached hydrogen (secondary N) is 1. The standard InChI is InChI=1S/C16H23N5O2/c22-14(20-8-1-2-9-20)11-19-15(23)13-5-3-10-21(12-13)16-17-6-4-7-18-16/h4,6-7,13H,1-3,5,8-12H2,(H,19,23). The first-order valence-corrected chi connectivity index (χ1v) is 8.31. The lowest BCUT2D eigenvalue weighted by molar-refractivity contribution is -0.133. The fourth-order valence-electron chi connectivity index (χ4n) is 3.21. The van der Waals surface area contributed by atoms with Gasteiger partial charge in [0.05, 0.1) is 12.5 Å². The van der Waals surface area contributed by atoms with E-state index < -0.39 is 0 Å². The summed E-state index contributed by atoms with van der Waals surface area (Å²) in [4.78, 5) is 36.7. The van der Waals surface area contributed by atoms with Gasteiger partial charge in [0.25, 0.3) is 0 Å². The van der Waals surface area contributed by atoms with Crippen molar-refractivity contribution in [2.24, 2.45) is 5.92 Å². The summed E-state index contributed by atoms with van der Waals surface area (Å²) in [6, 6.07) is 1.78. The molecule has 0 saturated carbocycles. The van der Waals surface area contributed by atoms with Gasteiger partial charge in [-0.1, -0.05) is 0 Å². The van der Waals surface area contributed by atoms with Crippen molar-refractivity contribution in [2.45, 2.75) is 25.7 Å². The van der Waals surface area contributed by atoms with E-state index in [9.17, 15) is 9.59 Å². The van der Waals surface area contributed by atoms with Crippen molar-refractivity contribution in [3.8, 4) is 0 Å². The molecule has 2 amide bonds. The van der Waals surface area contributed by atoms with Gasteiger partial charge in [0.1, 0.15) is 0 Å². The van der Waals surface area contributed by atoms with E-state index in [1.54, 1.807) is 18.5 Å². The third-order valence-electron chi connectivity index (χ3n) is 4.50. The number of piperidine rings is 1. The highest BCUT2D eigenvalue weighted by Crippen LogP contribution is 2.20. The van der Waals surface area contributed by atoms with Crippen LogP contribution in [-0.2, 0) is 9.59 Å². The topological polar surface area (TPSA) is 78.4 Å². The van der Waals surface area contributed by atoms with Gasteiger partial charge in [0.15, 0.2) is 0 Å². The highest BCUT2D eigenvalue weighted by atomic mass is 16.2. The lowest BCUT2D eigenvalue weighted by Gasteiger charge is -2.32. The molecule has 1 aromatic heterocycles. The van der Waals surface area contributed by atoms with Crippen LogP contribution < -0.4 is 10.2 Å². The van der Waals surface area contributed by atoms with Crippen molar-refractivity contribution in [3.05, 3.63) is 18.5 Å². The average Bonchev–Trinajstić information content (AvgIpc) is 3.15. The maximum Gasteiger partial charge on any atom is 0.241 e. The number of amides is 2. The molecule has 1 aromatic rings. The number of nitrogens with zero attached hydrogens (tertiary/aromatic N) is 4. The van der Waals surface area contributed by atoms with Crippen LogP contribution in [0.3, 0.4) is 0 Å². The zero-order valence-electron chi connectivity index (χ0n) is 13.3. The molecular weight excluding hydrogens is 294 g/mol. The Morgan fingerprint density at radius 2 is 1.87 bits per heavy atom. The molecule has 3 rings (SSSR count). The molecule has 2 saturated heterocycles. The van der Waals surface area contributed by atoms with Gasteiger partial charge in [0, 0.05) is 38.6 Å². The minimum atomic E-state index is -0.112. The van der Waals surface area contributed by atoms with Crippen LogP contribution in [0.15, 0.2) is 18.5 Å². The van der Waals surface area contributed by atoms with Crippen LogP contribution in [0.2, 0.25) is 0 Å². The van der Waals surface area contributed by atoms with E-state index in [2.05, 4.69) is 15.3 Å². The molecule has 2 aliphatic heterocycles. The molecule has 0 bridgehead atoms. The normalized spacial score (nSPS) is 21.3. The molecule has 0 radical (unpaired) electrons. The Bertz CT molecular complexity index is 545. The van der Waals surface area contributed by atoms with Crippen molar-refractivity contribution in [1.82, 2.24) is 20.2 Å². The summed E-state index contributed by atoms with van der Waals surface area (Å²) in [6.45, 7) is 3.21. The lowest BCUT2D eigenvalue weighted by atomic mass is 9.97. The molecule has 1 atom stereocenters. The Kier molecular flexibility index (Phi) is 5.05. The number of hydrogen-bond donors (Lipinski definition) is 1. The first-order valence-electron chi connectivity index (χ1n) is 8.31. The largest absolute Gasteiger partial charge is 0.347 e. The first-order chi connectivity index (χ1) is 11.2. The molecule has 1 N–H and O–H groups in total. The molecule has 0 spiro atoms. The average molecular weight is 317 g/mol. The van der Waals surface area contributed by atoms with Gasteiger partial charge in [-0.25, -0.2) is 9.97 Å². The van der Waals surface area contributed by atoms with Crippen molar-refractivity contribution in [3.63, 3.8) is 0 Å². The van der Waals surface area contributed by atoms with Gasteiger partial charge in [-0.15, -0.1) is 0 Å². The van der Waals surface area contributed by atoms with Crippen molar-refractivity contribution in [1.29, 1.82) is 0 Å². The molecular formula is C16H23N5O2. The molecule has 0 aromatic carbocycles. The van der Waals surface area contributed by atoms with Crippen LogP contribution in [0.25, 0.3) is 0 Å². The molecule has 23 heavy (non-hydrogen) atoms. The van der Waals surface area contributed by atoms with E-state index in [1.165, 1.54) is 0 Å². The summed E-state index contributed by atoms with van der Waals surface area (Å²) in [5.41, 5.74) is 0. The Morgan fingerprint density at radius 3 is 2.61 bits per heavy atom. The predicted molar refractivity (Wildman–Crippen MR) is 85.8 cm³/mol. The minimum absolute atomic E-state index is 0.0231. The zero-order chi connectivity index (χ0) is 16.1. The number of carbonyl (C=O) groups excluding carboxylic acids is 2. The Balaban J connectivity index is 1.50. The zero-order valence-corrected chi connectivity index (χ0v) is 13.3. The number of anilines is 1. The highest BCUT2D eigenvalue weighted by Gasteiger charge is 2.27. The summed E-state index contributed by atoms with van der Waals surface area (Å²) in [6.07, 6.45) is 7.31. The predicted octanol–water partition coefficient (Wildman–Crippen LogP) is 0.432. The van der Waals surface area contributed by atoms with E-state index in [-0.39, 0.29) is 24.3 Å². The van der Waals surface area contributed by atoms with Crippen LogP contribution in [0.5, 0.6) is 0 Å². The van der Waals surface area contributed by atoms with Crippen LogP contribution in [0.4, 0.5) is 5.95 Å². The van der Waals surface area contributed by atoms with Gasteiger partial charge in [-0.3, -0.25) is 9.59 Å². The summed E-state index contributed by atoms with van der Waals surface area (Å²) >= 11 is 0. The second-order valence-electron chi connectivity index (χ2n) is 6.14. The monoisotopic (exact) mass is 317 g/mol. The maximum atomic E-state index is 12.3. The summed E-state index contributed by atoms with van der Waals surface area (Å²) in [5, 5.41) is 2.80. The number of rotatable bonds is 4. The van der Waals surface area contributed by atoms with E-state index in [1.807, 2.05) is 9.80 Å². The minimum Gasteiger partial charge on any atom is -0.347 e. The number of aromatic nitrogens is 2. The molecule has 124 valence electrons. The maximum absolute atomic E-state index is 12.3. The third kappa shape index (κ3) is 3.97. The SMILES string of the molecule is O=C(NCC(=O)N1CCCC1)C1CCCN(c2ncccn2)C1. The lowest BCUT2D eigenvalue weighted by Crippen LogP contribution is -2.46. The fourth-order valence-corrected chi connectivity index (χ4v) is 3.21. The molecule has 1 unspecified atom stereocenters. The van der Waals surface area contributed by atoms with E-state index >= 15 is 0 Å². The summed E-state index contributed by atoms with van der Waals surface area (Å²) in [7, 11) is 0. The molecule has 2 aliphatic rings. The Labute approximate surface area is 136 Å². The Hall–Kier alpha value is -2.18. The number of likely N-dealkylation sites (tertiary alicyclic amines) is 1. The summed E-state index contributed by atoms with van der Waals surface area (Å²) in [5.74, 6) is 0.533. The Morgan fingerprint density at radius 1 is 1.13 bits per heavy atom. The van der Waals surface area contributed by atoms with Crippen LogP contribution in [0, 0.1) is 5.92 Å². The van der Waals surface area contributed by atoms with Crippen LogP contribution in [0.1, 0.15) is 25.7 Å². The van der Waals surface area contributed by atoms with Gasteiger partial charge in [-0.05, 0) is 31.7 Å². The third-order valence-corrected chi connectivity index (χ3v) is 4.50. The van der Waals surface area contributed by atoms with Crippen LogP contribution in [-0.4, -0.2) is 59.4 Å². The van der Waals surface area contributed by atoms with Crippen molar-refractivity contribution < 1.29 is 9.59 Å². The van der Waals surface area contributed by atoms with Gasteiger partial charge >= 0.3 is 0 Å². The molecule has 3 heterocycles. The van der Waals surface area contributed by atoms with Gasteiger partial charge in [-0.2, -0.15) is 0 Å². The quantitative estimate of drug-likeness (QED) is 0.871. The van der Waals surface area contributed by atoms with Crippen molar-refractivity contribution >= 4 is 17.8 Å². The smallest absolute Gasteiger partial charge is 0.241 e.